The fourth-order valence-electron chi connectivity index (χ4n) is 3.74. The summed E-state index contributed by atoms with van der Waals surface area (Å²) in [7, 11) is 3.59. The summed E-state index contributed by atoms with van der Waals surface area (Å²) in [4.78, 5) is 24.8. The lowest BCUT2D eigenvalue weighted by molar-refractivity contribution is -0.158. The van der Waals surface area contributed by atoms with Crippen LogP contribution in [0.5, 0.6) is 5.75 Å². The quantitative estimate of drug-likeness (QED) is 0.887. The molecule has 3 rings (SSSR count). The zero-order valence-corrected chi connectivity index (χ0v) is 13.0. The number of anilines is 1. The van der Waals surface area contributed by atoms with E-state index in [1.54, 1.807) is 19.5 Å². The van der Waals surface area contributed by atoms with Crippen molar-refractivity contribution in [1.29, 1.82) is 0 Å². The number of nitrogens with zero attached hydrogens (tertiary/aromatic N) is 4. The topological polar surface area (TPSA) is 78.8 Å². The van der Waals surface area contributed by atoms with Crippen LogP contribution in [0.2, 0.25) is 0 Å². The number of methoxy groups -OCH3 is 1. The van der Waals surface area contributed by atoms with Gasteiger partial charge in [0.2, 0.25) is 5.95 Å². The minimum absolute atomic E-state index is 0.00167. The molecule has 120 valence electrons. The number of likely N-dealkylation sites (N-methyl/N-ethyl adjacent to an activating group) is 1. The Hall–Kier alpha value is -1.89. The standard InChI is InChI=1S/C15H22N4O3/c1-18-6-3-4-15(13(20)21)5-7-19(10-12(15)18)14-16-8-11(22-2)9-17-14/h8-9,12H,3-7,10H2,1-2H3,(H,20,21)/t12-,15+/m1/s1. The first kappa shape index (κ1) is 15.0. The van der Waals surface area contributed by atoms with E-state index in [1.165, 1.54) is 0 Å². The van der Waals surface area contributed by atoms with Crippen molar-refractivity contribution in [1.82, 2.24) is 14.9 Å². The summed E-state index contributed by atoms with van der Waals surface area (Å²) >= 11 is 0. The number of ether oxygens (including phenoxy) is 1. The van der Waals surface area contributed by atoms with E-state index >= 15 is 0 Å². The van der Waals surface area contributed by atoms with Gasteiger partial charge in [-0.3, -0.25) is 4.79 Å². The molecule has 22 heavy (non-hydrogen) atoms. The van der Waals surface area contributed by atoms with Gasteiger partial charge in [-0.25, -0.2) is 9.97 Å². The predicted molar refractivity (Wildman–Crippen MR) is 81.1 cm³/mol. The normalized spacial score (nSPS) is 29.0. The second-order valence-electron chi connectivity index (χ2n) is 6.18. The smallest absolute Gasteiger partial charge is 0.311 e. The summed E-state index contributed by atoms with van der Waals surface area (Å²) < 4.78 is 5.08. The molecular weight excluding hydrogens is 284 g/mol. The van der Waals surface area contributed by atoms with Crippen molar-refractivity contribution >= 4 is 11.9 Å². The van der Waals surface area contributed by atoms with Crippen LogP contribution in [-0.4, -0.2) is 65.8 Å². The first-order chi connectivity index (χ1) is 10.6. The number of fused-ring (bicyclic) bond motifs is 1. The molecule has 0 bridgehead atoms. The van der Waals surface area contributed by atoms with Crippen molar-refractivity contribution in [3.05, 3.63) is 12.4 Å². The Balaban J connectivity index is 1.82. The molecule has 0 aliphatic carbocycles. The molecule has 2 fully saturated rings. The van der Waals surface area contributed by atoms with Crippen LogP contribution >= 0.6 is 0 Å². The summed E-state index contributed by atoms with van der Waals surface area (Å²) in [5.74, 6) is 0.591. The van der Waals surface area contributed by atoms with E-state index in [-0.39, 0.29) is 6.04 Å². The number of aromatic nitrogens is 2. The van der Waals surface area contributed by atoms with E-state index in [0.29, 0.717) is 31.2 Å². The highest BCUT2D eigenvalue weighted by molar-refractivity contribution is 5.76. The third kappa shape index (κ3) is 2.39. The Bertz CT molecular complexity index is 550. The van der Waals surface area contributed by atoms with Crippen LogP contribution in [0.1, 0.15) is 19.3 Å². The predicted octanol–water partition coefficient (Wildman–Crippen LogP) is 0.861. The molecule has 1 N–H and O–H groups in total. The van der Waals surface area contributed by atoms with Gasteiger partial charge in [0.05, 0.1) is 24.9 Å². The Labute approximate surface area is 129 Å². The van der Waals surface area contributed by atoms with Gasteiger partial charge in [0.15, 0.2) is 5.75 Å². The zero-order chi connectivity index (χ0) is 15.7. The van der Waals surface area contributed by atoms with Gasteiger partial charge in [-0.2, -0.15) is 0 Å². The van der Waals surface area contributed by atoms with Crippen molar-refractivity contribution in [3.63, 3.8) is 0 Å². The van der Waals surface area contributed by atoms with Crippen molar-refractivity contribution in [2.75, 3.05) is 38.7 Å². The first-order valence-electron chi connectivity index (χ1n) is 7.61. The van der Waals surface area contributed by atoms with Gasteiger partial charge in [-0.1, -0.05) is 0 Å². The summed E-state index contributed by atoms with van der Waals surface area (Å²) in [6.07, 6.45) is 5.62. The molecular formula is C15H22N4O3. The SMILES string of the molecule is COc1cnc(N2CC[C@@]3(C(=O)O)CCCN(C)[C@@H]3C2)nc1. The molecule has 2 saturated heterocycles. The van der Waals surface area contributed by atoms with E-state index in [9.17, 15) is 9.90 Å². The van der Waals surface area contributed by atoms with Gasteiger partial charge >= 0.3 is 5.97 Å². The lowest BCUT2D eigenvalue weighted by atomic mass is 9.68. The van der Waals surface area contributed by atoms with Crippen LogP contribution in [0.3, 0.4) is 0 Å². The zero-order valence-electron chi connectivity index (χ0n) is 13.0. The monoisotopic (exact) mass is 306 g/mol. The highest BCUT2D eigenvalue weighted by atomic mass is 16.5. The molecule has 2 aliphatic heterocycles. The number of carboxylic acid groups (broad SMARTS) is 1. The van der Waals surface area contributed by atoms with Crippen LogP contribution in [0.25, 0.3) is 0 Å². The van der Waals surface area contributed by atoms with Crippen molar-refractivity contribution in [2.24, 2.45) is 5.41 Å². The van der Waals surface area contributed by atoms with E-state index in [4.69, 9.17) is 4.74 Å². The Morgan fingerprint density at radius 1 is 1.36 bits per heavy atom. The number of carboxylic acids is 1. The Morgan fingerprint density at radius 2 is 2.09 bits per heavy atom. The molecule has 0 amide bonds. The van der Waals surface area contributed by atoms with Gasteiger partial charge in [0.1, 0.15) is 0 Å². The number of likely N-dealkylation sites (tertiary alicyclic amines) is 1. The number of piperidine rings is 2. The number of aliphatic carboxylic acids is 1. The Morgan fingerprint density at radius 3 is 2.73 bits per heavy atom. The lowest BCUT2D eigenvalue weighted by Crippen LogP contribution is -2.63. The average molecular weight is 306 g/mol. The Kier molecular flexibility index (Phi) is 3.90. The summed E-state index contributed by atoms with van der Waals surface area (Å²) in [5, 5.41) is 9.77. The van der Waals surface area contributed by atoms with E-state index in [1.807, 2.05) is 7.05 Å². The lowest BCUT2D eigenvalue weighted by Gasteiger charge is -2.51. The molecule has 1 aromatic heterocycles. The number of carbonyl (C=O) groups is 1. The fourth-order valence-corrected chi connectivity index (χ4v) is 3.74. The van der Waals surface area contributed by atoms with Gasteiger partial charge in [0, 0.05) is 19.1 Å². The van der Waals surface area contributed by atoms with E-state index in [0.717, 1.165) is 19.4 Å². The fraction of sp³-hybridized carbons (Fsp3) is 0.667. The van der Waals surface area contributed by atoms with Crippen molar-refractivity contribution < 1.29 is 14.6 Å². The maximum atomic E-state index is 11.9. The summed E-state index contributed by atoms with van der Waals surface area (Å²) in [6.45, 7) is 2.26. The molecule has 7 heteroatoms. The highest BCUT2D eigenvalue weighted by Gasteiger charge is 2.52. The highest BCUT2D eigenvalue weighted by Crippen LogP contribution is 2.42. The molecule has 0 unspecified atom stereocenters. The summed E-state index contributed by atoms with van der Waals surface area (Å²) in [6, 6.07) is -0.00167. The molecule has 2 atom stereocenters. The minimum Gasteiger partial charge on any atom is -0.494 e. The third-order valence-electron chi connectivity index (χ3n) is 5.08. The van der Waals surface area contributed by atoms with Crippen molar-refractivity contribution in [3.8, 4) is 5.75 Å². The second-order valence-corrected chi connectivity index (χ2v) is 6.18. The molecule has 2 aliphatic rings. The van der Waals surface area contributed by atoms with Crippen LogP contribution < -0.4 is 9.64 Å². The molecule has 0 radical (unpaired) electrons. The van der Waals surface area contributed by atoms with Crippen LogP contribution in [0.15, 0.2) is 12.4 Å². The number of hydrogen-bond donors (Lipinski definition) is 1. The van der Waals surface area contributed by atoms with Crippen LogP contribution in [0.4, 0.5) is 5.95 Å². The number of rotatable bonds is 3. The maximum absolute atomic E-state index is 11.9. The minimum atomic E-state index is -0.667. The molecule has 7 nitrogen and oxygen atoms in total. The molecule has 0 aromatic carbocycles. The number of hydrogen-bond acceptors (Lipinski definition) is 6. The van der Waals surface area contributed by atoms with Crippen LogP contribution in [-0.2, 0) is 4.79 Å². The van der Waals surface area contributed by atoms with Gasteiger partial charge in [-0.15, -0.1) is 0 Å². The van der Waals surface area contributed by atoms with E-state index in [2.05, 4.69) is 19.8 Å². The molecule has 0 spiro atoms. The van der Waals surface area contributed by atoms with Gasteiger partial charge in [-0.05, 0) is 32.9 Å². The maximum Gasteiger partial charge on any atom is 0.311 e. The summed E-state index contributed by atoms with van der Waals surface area (Å²) in [5.41, 5.74) is -0.629. The molecule has 0 saturated carbocycles. The second kappa shape index (κ2) is 5.72. The van der Waals surface area contributed by atoms with E-state index < -0.39 is 11.4 Å². The first-order valence-corrected chi connectivity index (χ1v) is 7.61. The molecule has 1 aromatic rings. The average Bonchev–Trinajstić information content (AvgIpc) is 2.55. The molecule has 3 heterocycles. The van der Waals surface area contributed by atoms with Gasteiger partial charge < -0.3 is 19.6 Å². The van der Waals surface area contributed by atoms with Gasteiger partial charge in [0.25, 0.3) is 0 Å². The van der Waals surface area contributed by atoms with Crippen molar-refractivity contribution in [2.45, 2.75) is 25.3 Å². The van der Waals surface area contributed by atoms with Crippen LogP contribution in [0, 0.1) is 5.41 Å². The largest absolute Gasteiger partial charge is 0.494 e. The third-order valence-corrected chi connectivity index (χ3v) is 5.08.